The fourth-order valence-corrected chi connectivity index (χ4v) is 2.77. The van der Waals surface area contributed by atoms with Crippen molar-refractivity contribution in [2.24, 2.45) is 0 Å². The van der Waals surface area contributed by atoms with Crippen molar-refractivity contribution < 1.29 is 5.11 Å². The zero-order valence-electron chi connectivity index (χ0n) is 11.1. The Kier molecular flexibility index (Phi) is 3.88. The minimum absolute atomic E-state index is 0.133. The smallest absolute Gasteiger partial charge is 0.101 e. The Morgan fingerprint density at radius 1 is 1.33 bits per heavy atom. The highest BCUT2D eigenvalue weighted by Crippen LogP contribution is 2.29. The van der Waals surface area contributed by atoms with E-state index in [1.165, 1.54) is 0 Å². The Morgan fingerprint density at radius 3 is 2.72 bits per heavy atom. The molecule has 1 aromatic rings. The summed E-state index contributed by atoms with van der Waals surface area (Å²) in [6, 6.07) is 8.28. The van der Waals surface area contributed by atoms with Crippen molar-refractivity contribution in [3.63, 3.8) is 0 Å². The number of aliphatic hydroxyl groups excluding tert-OH is 1. The summed E-state index contributed by atoms with van der Waals surface area (Å²) >= 11 is 0. The van der Waals surface area contributed by atoms with Crippen molar-refractivity contribution in [3.05, 3.63) is 29.3 Å². The second-order valence-electron chi connectivity index (χ2n) is 5.16. The van der Waals surface area contributed by atoms with E-state index in [2.05, 4.69) is 11.0 Å². The van der Waals surface area contributed by atoms with Crippen LogP contribution in [0.25, 0.3) is 0 Å². The molecule has 0 heterocycles. The number of hydrogen-bond donors (Lipinski definition) is 1. The van der Waals surface area contributed by atoms with Crippen LogP contribution < -0.4 is 4.90 Å². The first kappa shape index (κ1) is 12.9. The van der Waals surface area contributed by atoms with Gasteiger partial charge in [-0.2, -0.15) is 5.26 Å². The predicted octanol–water partition coefficient (Wildman–Crippen LogP) is 2.61. The van der Waals surface area contributed by atoms with Crippen LogP contribution in [0.4, 0.5) is 5.69 Å². The number of likely N-dealkylation sites (N-methyl/N-ethyl adjacent to an activating group) is 1. The molecule has 0 bridgehead atoms. The lowest BCUT2D eigenvalue weighted by molar-refractivity contribution is 0.106. The largest absolute Gasteiger partial charge is 0.391 e. The van der Waals surface area contributed by atoms with Gasteiger partial charge in [-0.1, -0.05) is 18.9 Å². The van der Waals surface area contributed by atoms with Gasteiger partial charge in [0.25, 0.3) is 0 Å². The Labute approximate surface area is 109 Å². The summed E-state index contributed by atoms with van der Waals surface area (Å²) in [7, 11) is 1.98. The molecule has 2 rings (SSSR count). The molecule has 1 aliphatic rings. The van der Waals surface area contributed by atoms with E-state index >= 15 is 0 Å². The fourth-order valence-electron chi connectivity index (χ4n) is 2.77. The van der Waals surface area contributed by atoms with Gasteiger partial charge in [-0.25, -0.2) is 0 Å². The van der Waals surface area contributed by atoms with Gasteiger partial charge >= 0.3 is 0 Å². The zero-order chi connectivity index (χ0) is 13.1. The molecule has 0 amide bonds. The van der Waals surface area contributed by atoms with E-state index in [0.29, 0.717) is 5.56 Å². The van der Waals surface area contributed by atoms with E-state index in [0.717, 1.165) is 36.9 Å². The normalized spacial score (nSPS) is 23.4. The van der Waals surface area contributed by atoms with E-state index in [-0.39, 0.29) is 12.1 Å². The van der Waals surface area contributed by atoms with Gasteiger partial charge in [-0.3, -0.25) is 0 Å². The fraction of sp³-hybridized carbons (Fsp3) is 0.533. The summed E-state index contributed by atoms with van der Waals surface area (Å²) in [6.07, 6.45) is 3.83. The van der Waals surface area contributed by atoms with Crippen LogP contribution in [0.2, 0.25) is 0 Å². The molecule has 1 N–H and O–H groups in total. The molecule has 3 nitrogen and oxygen atoms in total. The Hall–Kier alpha value is -1.53. The van der Waals surface area contributed by atoms with Gasteiger partial charge < -0.3 is 10.0 Å². The monoisotopic (exact) mass is 244 g/mol. The average molecular weight is 244 g/mol. The number of aliphatic hydroxyl groups is 1. The van der Waals surface area contributed by atoms with Crippen LogP contribution in [0.5, 0.6) is 0 Å². The third-order valence-electron chi connectivity index (χ3n) is 3.84. The number of nitrogens with zero attached hydrogens (tertiary/aromatic N) is 2. The maximum Gasteiger partial charge on any atom is 0.101 e. The summed E-state index contributed by atoms with van der Waals surface area (Å²) < 4.78 is 0. The lowest BCUT2D eigenvalue weighted by atomic mass is 9.91. The number of rotatable bonds is 2. The quantitative estimate of drug-likeness (QED) is 0.870. The third kappa shape index (κ3) is 2.49. The topological polar surface area (TPSA) is 47.3 Å². The first-order chi connectivity index (χ1) is 8.63. The van der Waals surface area contributed by atoms with Crippen LogP contribution >= 0.6 is 0 Å². The summed E-state index contributed by atoms with van der Waals surface area (Å²) in [5.74, 6) is 0. The molecule has 96 valence electrons. The van der Waals surface area contributed by atoms with Crippen molar-refractivity contribution in [1.29, 1.82) is 5.26 Å². The van der Waals surface area contributed by atoms with E-state index in [1.807, 2.05) is 32.2 Å². The SMILES string of the molecule is Cc1ccc(N(C)C2CCCCC2O)c(C#N)c1. The Balaban J connectivity index is 2.28. The number of hydrogen-bond acceptors (Lipinski definition) is 3. The molecule has 0 radical (unpaired) electrons. The molecule has 0 saturated heterocycles. The molecule has 0 spiro atoms. The minimum atomic E-state index is -0.281. The number of nitriles is 1. The first-order valence-corrected chi connectivity index (χ1v) is 6.55. The van der Waals surface area contributed by atoms with Crippen LogP contribution in [0, 0.1) is 18.3 Å². The van der Waals surface area contributed by atoms with E-state index < -0.39 is 0 Å². The molecule has 1 aliphatic carbocycles. The van der Waals surface area contributed by atoms with Crippen LogP contribution in [0.15, 0.2) is 18.2 Å². The molecule has 0 aromatic heterocycles. The van der Waals surface area contributed by atoms with Crippen molar-refractivity contribution >= 4 is 5.69 Å². The van der Waals surface area contributed by atoms with Gasteiger partial charge in [0, 0.05) is 7.05 Å². The lowest BCUT2D eigenvalue weighted by Gasteiger charge is -2.37. The van der Waals surface area contributed by atoms with Crippen molar-refractivity contribution in [3.8, 4) is 6.07 Å². The second kappa shape index (κ2) is 5.41. The van der Waals surface area contributed by atoms with Crippen LogP contribution in [0.1, 0.15) is 36.8 Å². The van der Waals surface area contributed by atoms with Crippen molar-refractivity contribution in [2.45, 2.75) is 44.8 Å². The van der Waals surface area contributed by atoms with Crippen LogP contribution in [-0.4, -0.2) is 24.3 Å². The molecule has 1 saturated carbocycles. The van der Waals surface area contributed by atoms with Gasteiger partial charge in [0.2, 0.25) is 0 Å². The molecule has 1 fully saturated rings. The summed E-state index contributed by atoms with van der Waals surface area (Å²) in [4.78, 5) is 2.07. The molecule has 0 aliphatic heterocycles. The highest BCUT2D eigenvalue weighted by Gasteiger charge is 2.27. The number of anilines is 1. The molecule has 2 unspecified atom stereocenters. The molecule has 3 heteroatoms. The average Bonchev–Trinajstić information content (AvgIpc) is 2.38. The van der Waals surface area contributed by atoms with Gasteiger partial charge in [0.05, 0.1) is 23.4 Å². The van der Waals surface area contributed by atoms with E-state index in [9.17, 15) is 10.4 Å². The highest BCUT2D eigenvalue weighted by molar-refractivity contribution is 5.60. The Morgan fingerprint density at radius 2 is 2.06 bits per heavy atom. The van der Waals surface area contributed by atoms with Crippen LogP contribution in [0.3, 0.4) is 0 Å². The molecule has 2 atom stereocenters. The van der Waals surface area contributed by atoms with Gasteiger partial charge in [0.1, 0.15) is 6.07 Å². The summed E-state index contributed by atoms with van der Waals surface area (Å²) in [5, 5.41) is 19.3. The predicted molar refractivity (Wildman–Crippen MR) is 72.6 cm³/mol. The van der Waals surface area contributed by atoms with E-state index in [4.69, 9.17) is 0 Å². The first-order valence-electron chi connectivity index (χ1n) is 6.55. The van der Waals surface area contributed by atoms with E-state index in [1.54, 1.807) is 0 Å². The number of benzene rings is 1. The lowest BCUT2D eigenvalue weighted by Crippen LogP contribution is -2.43. The van der Waals surface area contributed by atoms with Crippen molar-refractivity contribution in [2.75, 3.05) is 11.9 Å². The Bertz CT molecular complexity index is 464. The maximum absolute atomic E-state index is 10.1. The maximum atomic E-state index is 10.1. The highest BCUT2D eigenvalue weighted by atomic mass is 16.3. The van der Waals surface area contributed by atoms with Crippen LogP contribution in [-0.2, 0) is 0 Å². The third-order valence-corrected chi connectivity index (χ3v) is 3.84. The molecule has 18 heavy (non-hydrogen) atoms. The van der Waals surface area contributed by atoms with Gasteiger partial charge in [0.15, 0.2) is 0 Å². The summed E-state index contributed by atoms with van der Waals surface area (Å²) in [6.45, 7) is 1.99. The zero-order valence-corrected chi connectivity index (χ0v) is 11.1. The van der Waals surface area contributed by atoms with Gasteiger partial charge in [-0.05, 0) is 37.5 Å². The standard InChI is InChI=1S/C15H20N2O/c1-11-7-8-13(12(9-11)10-16)17(2)14-5-3-4-6-15(14)18/h7-9,14-15,18H,3-6H2,1-2H3. The van der Waals surface area contributed by atoms with Crippen molar-refractivity contribution in [1.82, 2.24) is 0 Å². The minimum Gasteiger partial charge on any atom is -0.391 e. The van der Waals surface area contributed by atoms with Gasteiger partial charge in [-0.15, -0.1) is 0 Å². The summed E-state index contributed by atoms with van der Waals surface area (Å²) in [5.41, 5.74) is 2.71. The number of aryl methyl sites for hydroxylation is 1. The molecular formula is C15H20N2O. The molecular weight excluding hydrogens is 224 g/mol. The second-order valence-corrected chi connectivity index (χ2v) is 5.16. The molecule has 1 aromatic carbocycles.